The highest BCUT2D eigenvalue weighted by Crippen LogP contribution is 2.39. The molecule has 2 nitrogen and oxygen atoms in total. The first-order chi connectivity index (χ1) is 27.2. The topological polar surface area (TPSA) is 6.48 Å². The molecular weight excluding hydrogens is 677 g/mol. The van der Waals surface area contributed by atoms with Crippen LogP contribution in [0.3, 0.4) is 0 Å². The number of anilines is 6. The maximum atomic E-state index is 2.35. The fraction of sp³-hybridized carbons (Fsp3) is 0.148. The van der Waals surface area contributed by atoms with Crippen LogP contribution in [0.2, 0.25) is 0 Å². The summed E-state index contributed by atoms with van der Waals surface area (Å²) in [6.45, 7) is 13.4. The Bertz CT molecular complexity index is 2230. The van der Waals surface area contributed by atoms with E-state index in [-0.39, 0.29) is 0 Å². The van der Waals surface area contributed by atoms with E-state index in [9.17, 15) is 0 Å². The fourth-order valence-corrected chi connectivity index (χ4v) is 7.16. The summed E-state index contributed by atoms with van der Waals surface area (Å²) in [6, 6.07) is 61.3. The van der Waals surface area contributed by atoms with Gasteiger partial charge < -0.3 is 9.80 Å². The Morgan fingerprint density at radius 2 is 0.625 bits per heavy atom. The van der Waals surface area contributed by atoms with Gasteiger partial charge in [-0.1, -0.05) is 161 Å². The quantitative estimate of drug-likeness (QED) is 0.116. The zero-order valence-electron chi connectivity index (χ0n) is 33.5. The van der Waals surface area contributed by atoms with Crippen molar-refractivity contribution in [3.63, 3.8) is 0 Å². The first-order valence-electron chi connectivity index (χ1n) is 19.8. The Hall–Kier alpha value is -6.38. The lowest BCUT2D eigenvalue weighted by Gasteiger charge is -2.27. The lowest BCUT2D eigenvalue weighted by Crippen LogP contribution is -2.11. The first kappa shape index (κ1) is 37.9. The molecule has 0 bridgehead atoms. The molecule has 0 fully saturated rings. The van der Waals surface area contributed by atoms with Crippen LogP contribution in [0.1, 0.15) is 84.0 Å². The second-order valence-electron chi connectivity index (χ2n) is 15.3. The third-order valence-corrected chi connectivity index (χ3v) is 10.5. The van der Waals surface area contributed by atoms with Crippen LogP contribution >= 0.6 is 0 Å². The number of nitrogens with zero attached hydrogens (tertiary/aromatic N) is 2. The monoisotopic (exact) mass is 728 g/mol. The predicted molar refractivity (Wildman–Crippen MR) is 244 cm³/mol. The number of aryl methyl sites for hydroxylation is 2. The minimum atomic E-state index is 0.497. The van der Waals surface area contributed by atoms with Gasteiger partial charge in [0.15, 0.2) is 0 Å². The van der Waals surface area contributed by atoms with Crippen molar-refractivity contribution in [2.75, 3.05) is 9.80 Å². The third-order valence-electron chi connectivity index (χ3n) is 10.5. The maximum Gasteiger partial charge on any atom is 0.0490 e. The van der Waals surface area contributed by atoms with E-state index in [2.05, 4.69) is 246 Å². The van der Waals surface area contributed by atoms with Crippen molar-refractivity contribution in [2.45, 2.75) is 53.4 Å². The number of hydrogen-bond acceptors (Lipinski definition) is 2. The molecule has 0 aliphatic heterocycles. The fourth-order valence-electron chi connectivity index (χ4n) is 7.16. The van der Waals surface area contributed by atoms with Crippen molar-refractivity contribution in [1.29, 1.82) is 0 Å². The molecule has 2 heteroatoms. The molecule has 56 heavy (non-hydrogen) atoms. The van der Waals surface area contributed by atoms with Crippen molar-refractivity contribution in [1.82, 2.24) is 0 Å². The summed E-state index contributed by atoms with van der Waals surface area (Å²) in [4.78, 5) is 4.70. The summed E-state index contributed by atoms with van der Waals surface area (Å²) in [7, 11) is 0. The summed E-state index contributed by atoms with van der Waals surface area (Å²) in [5, 5.41) is 0. The molecule has 278 valence electrons. The van der Waals surface area contributed by atoms with E-state index in [0.717, 1.165) is 33.9 Å². The first-order valence-corrected chi connectivity index (χ1v) is 19.8. The summed E-state index contributed by atoms with van der Waals surface area (Å²) < 4.78 is 0. The minimum absolute atomic E-state index is 0.497. The maximum absolute atomic E-state index is 2.35. The van der Waals surface area contributed by atoms with Crippen molar-refractivity contribution < 1.29 is 0 Å². The van der Waals surface area contributed by atoms with Gasteiger partial charge in [-0.05, 0) is 131 Å². The van der Waals surface area contributed by atoms with E-state index < -0.39 is 0 Å². The molecule has 0 aliphatic rings. The van der Waals surface area contributed by atoms with Crippen molar-refractivity contribution in [3.8, 4) is 0 Å². The summed E-state index contributed by atoms with van der Waals surface area (Å²) in [5.41, 5.74) is 16.9. The third kappa shape index (κ3) is 8.94. The van der Waals surface area contributed by atoms with E-state index in [1.165, 1.54) is 44.8 Å². The molecule has 7 rings (SSSR count). The highest BCUT2D eigenvalue weighted by molar-refractivity contribution is 5.81. The van der Waals surface area contributed by atoms with Crippen LogP contribution in [0.4, 0.5) is 34.1 Å². The van der Waals surface area contributed by atoms with E-state index in [1.54, 1.807) is 0 Å². The molecule has 0 saturated heterocycles. The average Bonchev–Trinajstić information content (AvgIpc) is 3.22. The largest absolute Gasteiger partial charge is 0.310 e. The molecular formula is C54H52N2. The molecule has 7 aromatic rings. The number of rotatable bonds is 12. The highest BCUT2D eigenvalue weighted by Gasteiger charge is 2.17. The Morgan fingerprint density at radius 3 is 0.911 bits per heavy atom. The summed E-state index contributed by atoms with van der Waals surface area (Å²) in [5.74, 6) is 0.994. The van der Waals surface area contributed by atoms with Gasteiger partial charge in [0, 0.05) is 34.1 Å². The Morgan fingerprint density at radius 1 is 0.339 bits per heavy atom. The molecule has 0 unspecified atom stereocenters. The van der Waals surface area contributed by atoms with Gasteiger partial charge in [0.25, 0.3) is 0 Å². The van der Waals surface area contributed by atoms with Gasteiger partial charge in [-0.3, -0.25) is 0 Å². The second kappa shape index (κ2) is 17.4. The molecule has 0 saturated carbocycles. The zero-order chi connectivity index (χ0) is 39.0. The molecule has 0 amide bonds. The van der Waals surface area contributed by atoms with Gasteiger partial charge in [-0.2, -0.15) is 0 Å². The van der Waals surface area contributed by atoms with Crippen LogP contribution in [0.25, 0.3) is 24.3 Å². The van der Waals surface area contributed by atoms with Gasteiger partial charge in [0.2, 0.25) is 0 Å². The van der Waals surface area contributed by atoms with E-state index >= 15 is 0 Å². The summed E-state index contributed by atoms with van der Waals surface area (Å²) in [6.07, 6.45) is 8.73. The lowest BCUT2D eigenvalue weighted by molar-refractivity contribution is 0.864. The highest BCUT2D eigenvalue weighted by atomic mass is 15.1. The van der Waals surface area contributed by atoms with Gasteiger partial charge >= 0.3 is 0 Å². The Labute approximate surface area is 334 Å². The van der Waals surface area contributed by atoms with Crippen molar-refractivity contribution in [2.24, 2.45) is 0 Å². The van der Waals surface area contributed by atoms with E-state index in [0.29, 0.717) is 11.8 Å². The molecule has 0 aliphatic carbocycles. The van der Waals surface area contributed by atoms with Crippen LogP contribution in [-0.2, 0) is 0 Å². The Balaban J connectivity index is 1.03. The predicted octanol–water partition coefficient (Wildman–Crippen LogP) is 15.8. The minimum Gasteiger partial charge on any atom is -0.310 e. The van der Waals surface area contributed by atoms with E-state index in [4.69, 9.17) is 0 Å². The molecule has 0 radical (unpaired) electrons. The second-order valence-corrected chi connectivity index (χ2v) is 15.3. The van der Waals surface area contributed by atoms with Crippen LogP contribution in [0, 0.1) is 13.8 Å². The van der Waals surface area contributed by atoms with Gasteiger partial charge in [-0.25, -0.2) is 0 Å². The number of para-hydroxylation sites is 2. The van der Waals surface area contributed by atoms with Crippen LogP contribution in [0.5, 0.6) is 0 Å². The van der Waals surface area contributed by atoms with Crippen LogP contribution < -0.4 is 9.80 Å². The molecule has 0 spiro atoms. The standard InChI is InChI=1S/C54H52N2/c1-39(2)47-29-35-53(41(5)37-47)55(49-13-9-7-10-14-49)51-31-25-45(26-32-51)23-21-43-17-19-44(20-18-43)22-24-46-27-33-52(34-28-46)56(50-15-11-8-12-16-50)54-36-30-48(40(3)4)38-42(54)6/h7-40H,1-6H3/b23-21+,24-22+. The van der Waals surface area contributed by atoms with Crippen LogP contribution in [0.15, 0.2) is 170 Å². The average molecular weight is 729 g/mol. The van der Waals surface area contributed by atoms with Gasteiger partial charge in [-0.15, -0.1) is 0 Å². The lowest BCUT2D eigenvalue weighted by atomic mass is 9.99. The Kier molecular flexibility index (Phi) is 11.8. The SMILES string of the molecule is Cc1cc(C(C)C)ccc1N(c1ccccc1)c1ccc(/C=C/c2ccc(/C=C/c3ccc(N(c4ccccc4)c4ccc(C(C)C)cc4C)cc3)cc2)cc1. The van der Waals surface area contributed by atoms with Gasteiger partial charge in [0.05, 0.1) is 0 Å². The van der Waals surface area contributed by atoms with Crippen molar-refractivity contribution in [3.05, 3.63) is 214 Å². The smallest absolute Gasteiger partial charge is 0.0490 e. The molecule has 7 aromatic carbocycles. The van der Waals surface area contributed by atoms with Crippen LogP contribution in [-0.4, -0.2) is 0 Å². The normalized spacial score (nSPS) is 11.6. The summed E-state index contributed by atoms with van der Waals surface area (Å²) >= 11 is 0. The number of hydrogen-bond donors (Lipinski definition) is 0. The van der Waals surface area contributed by atoms with Gasteiger partial charge in [0.1, 0.15) is 0 Å². The molecule has 0 atom stereocenters. The molecule has 0 aromatic heterocycles. The van der Waals surface area contributed by atoms with E-state index in [1.807, 2.05) is 0 Å². The van der Waals surface area contributed by atoms with Crippen molar-refractivity contribution >= 4 is 58.4 Å². The molecule has 0 N–H and O–H groups in total. The number of benzene rings is 7. The zero-order valence-corrected chi connectivity index (χ0v) is 33.5. The molecule has 0 heterocycles.